The number of rotatable bonds is 8. The van der Waals surface area contributed by atoms with Gasteiger partial charge in [0.1, 0.15) is 0 Å². The smallest absolute Gasteiger partial charge is 0.192 e. The van der Waals surface area contributed by atoms with Crippen molar-refractivity contribution in [3.63, 3.8) is 0 Å². The lowest BCUT2D eigenvalue weighted by Gasteiger charge is -2.36. The van der Waals surface area contributed by atoms with Gasteiger partial charge >= 0.3 is 0 Å². The van der Waals surface area contributed by atoms with Crippen LogP contribution in [0.15, 0.2) is 41.8 Å². The molecule has 2 rings (SSSR count). The van der Waals surface area contributed by atoms with E-state index in [2.05, 4.69) is 82.9 Å². The van der Waals surface area contributed by atoms with E-state index >= 15 is 0 Å². The molecule has 2 aromatic rings. The average molecular weight is 488 g/mol. The third kappa shape index (κ3) is 7.05. The Labute approximate surface area is 201 Å². The van der Waals surface area contributed by atoms with Crippen LogP contribution in [0.2, 0.25) is 36.3 Å². The van der Waals surface area contributed by atoms with Gasteiger partial charge in [-0.2, -0.15) is 0 Å². The highest BCUT2D eigenvalue weighted by molar-refractivity contribution is 6.74. The van der Waals surface area contributed by atoms with Gasteiger partial charge in [0.15, 0.2) is 22.3 Å². The van der Waals surface area contributed by atoms with E-state index in [1.165, 1.54) is 0 Å². The predicted molar refractivity (Wildman–Crippen MR) is 140 cm³/mol. The third-order valence-electron chi connectivity index (χ3n) is 7.05. The highest BCUT2D eigenvalue weighted by atomic mass is 28.4. The Balaban J connectivity index is 2.07. The van der Waals surface area contributed by atoms with Gasteiger partial charge in [-0.15, -0.1) is 0 Å². The zero-order chi connectivity index (χ0) is 25.1. The van der Waals surface area contributed by atoms with Crippen LogP contribution in [0, 0.1) is 0 Å². The van der Waals surface area contributed by atoms with Crippen LogP contribution in [0.4, 0.5) is 0 Å². The van der Waals surface area contributed by atoms with E-state index in [0.717, 1.165) is 11.1 Å². The first-order valence-electron chi connectivity index (χ1n) is 11.5. The standard InChI is InChI=1S/C25H41N3O3Si2/c1-24(2,3)32(7,8)30-17-19-11-13-21(26-15-19)23(28-29)22-14-12-20(16-27-22)18-31-33(9,10)25(4,5)6/h11-16,29H,17-18H2,1-10H3. The summed E-state index contributed by atoms with van der Waals surface area (Å²) in [5.74, 6) is 0. The molecule has 0 atom stereocenters. The van der Waals surface area contributed by atoms with E-state index in [1.807, 2.05) is 24.3 Å². The Hall–Kier alpha value is -1.88. The second-order valence-corrected chi connectivity index (χ2v) is 21.3. The summed E-state index contributed by atoms with van der Waals surface area (Å²) in [4.78, 5) is 8.99. The molecule has 0 bridgehead atoms. The van der Waals surface area contributed by atoms with Crippen LogP contribution in [-0.2, 0) is 22.1 Å². The zero-order valence-corrected chi connectivity index (χ0v) is 24.0. The molecule has 182 valence electrons. The maximum atomic E-state index is 9.64. The molecule has 0 aliphatic carbocycles. The average Bonchev–Trinajstić information content (AvgIpc) is 2.71. The summed E-state index contributed by atoms with van der Waals surface area (Å²) in [6.07, 6.45) is 3.55. The number of hydrogen-bond acceptors (Lipinski definition) is 6. The summed E-state index contributed by atoms with van der Waals surface area (Å²) < 4.78 is 12.5. The van der Waals surface area contributed by atoms with Gasteiger partial charge in [0, 0.05) is 12.4 Å². The maximum Gasteiger partial charge on any atom is 0.192 e. The van der Waals surface area contributed by atoms with E-state index in [0.29, 0.717) is 30.3 Å². The second kappa shape index (κ2) is 10.2. The fourth-order valence-corrected chi connectivity index (χ4v) is 4.42. The van der Waals surface area contributed by atoms with Crippen LogP contribution < -0.4 is 0 Å². The molecule has 0 spiro atoms. The lowest BCUT2D eigenvalue weighted by molar-refractivity contribution is 0.276. The van der Waals surface area contributed by atoms with Gasteiger partial charge in [-0.1, -0.05) is 58.8 Å². The third-order valence-corrected chi connectivity index (χ3v) is 16.0. The summed E-state index contributed by atoms with van der Waals surface area (Å²) >= 11 is 0. The SMILES string of the molecule is CC(C)(C)[Si](C)(C)OCc1ccc(C(=NO)c2ccc(CO[Si](C)(C)C(C)(C)C)cn2)nc1. The number of nitrogens with zero attached hydrogens (tertiary/aromatic N) is 3. The second-order valence-electron chi connectivity index (χ2n) is 11.6. The Bertz CT molecular complexity index is 867. The van der Waals surface area contributed by atoms with E-state index in [9.17, 15) is 5.21 Å². The largest absolute Gasteiger partial charge is 0.413 e. The predicted octanol–water partition coefficient (Wildman–Crippen LogP) is 6.75. The van der Waals surface area contributed by atoms with Gasteiger partial charge in [0.25, 0.3) is 0 Å². The topological polar surface area (TPSA) is 76.8 Å². The molecule has 0 saturated carbocycles. The molecule has 0 saturated heterocycles. The lowest BCUT2D eigenvalue weighted by Crippen LogP contribution is -2.40. The first-order valence-corrected chi connectivity index (χ1v) is 17.3. The number of oxime groups is 1. The molecule has 0 fully saturated rings. The fourth-order valence-electron chi connectivity index (χ4n) is 2.49. The van der Waals surface area contributed by atoms with Crippen LogP contribution in [-0.4, -0.2) is 37.5 Å². The number of aromatic nitrogens is 2. The molecule has 33 heavy (non-hydrogen) atoms. The minimum Gasteiger partial charge on any atom is -0.413 e. The first-order chi connectivity index (χ1) is 15.1. The van der Waals surface area contributed by atoms with Crippen LogP contribution in [0.25, 0.3) is 0 Å². The summed E-state index contributed by atoms with van der Waals surface area (Å²) in [5.41, 5.74) is 3.44. The van der Waals surface area contributed by atoms with Crippen molar-refractivity contribution in [3.05, 3.63) is 59.2 Å². The highest BCUT2D eigenvalue weighted by Crippen LogP contribution is 2.37. The number of hydrogen-bond donors (Lipinski definition) is 1. The molecule has 2 aromatic heterocycles. The molecule has 1 N–H and O–H groups in total. The van der Waals surface area contributed by atoms with Crippen molar-refractivity contribution in [1.29, 1.82) is 0 Å². The fraction of sp³-hybridized carbons (Fsp3) is 0.560. The first kappa shape index (κ1) is 27.4. The summed E-state index contributed by atoms with van der Waals surface area (Å²) in [7, 11) is -3.65. The monoisotopic (exact) mass is 487 g/mol. The minimum absolute atomic E-state index is 0.157. The molecule has 2 heterocycles. The zero-order valence-electron chi connectivity index (χ0n) is 22.0. The Morgan fingerprint density at radius 3 is 1.36 bits per heavy atom. The molecule has 0 amide bonds. The minimum atomic E-state index is -1.83. The quantitative estimate of drug-likeness (QED) is 0.193. The van der Waals surface area contributed by atoms with Crippen LogP contribution in [0.1, 0.15) is 64.1 Å². The summed E-state index contributed by atoms with van der Waals surface area (Å²) in [5, 5.41) is 13.4. The molecule has 0 aromatic carbocycles. The van der Waals surface area contributed by atoms with Crippen molar-refractivity contribution < 1.29 is 14.1 Å². The molecule has 6 nitrogen and oxygen atoms in total. The summed E-state index contributed by atoms with van der Waals surface area (Å²) in [6, 6.07) is 7.61. The highest BCUT2D eigenvalue weighted by Gasteiger charge is 2.37. The van der Waals surface area contributed by atoms with E-state index < -0.39 is 16.6 Å². The molecule has 8 heteroatoms. The van der Waals surface area contributed by atoms with Gasteiger partial charge < -0.3 is 14.1 Å². The van der Waals surface area contributed by atoms with E-state index in [4.69, 9.17) is 8.85 Å². The normalized spacial score (nSPS) is 13.2. The van der Waals surface area contributed by atoms with E-state index in [1.54, 1.807) is 12.4 Å². The van der Waals surface area contributed by atoms with Gasteiger partial charge in [0.2, 0.25) is 0 Å². The van der Waals surface area contributed by atoms with Crippen molar-refractivity contribution in [1.82, 2.24) is 9.97 Å². The lowest BCUT2D eigenvalue weighted by atomic mass is 10.1. The molecule has 0 aliphatic rings. The van der Waals surface area contributed by atoms with Gasteiger partial charge in [-0.25, -0.2) is 0 Å². The van der Waals surface area contributed by atoms with Crippen molar-refractivity contribution in [2.75, 3.05) is 0 Å². The molecular weight excluding hydrogens is 446 g/mol. The van der Waals surface area contributed by atoms with Crippen molar-refractivity contribution in [2.45, 2.75) is 91.0 Å². The summed E-state index contributed by atoms with van der Waals surface area (Å²) in [6.45, 7) is 23.3. The maximum absolute atomic E-state index is 9.64. The van der Waals surface area contributed by atoms with Crippen LogP contribution in [0.5, 0.6) is 0 Å². The van der Waals surface area contributed by atoms with Crippen molar-refractivity contribution in [2.24, 2.45) is 5.16 Å². The van der Waals surface area contributed by atoms with Crippen molar-refractivity contribution in [3.8, 4) is 0 Å². The molecule has 0 radical (unpaired) electrons. The van der Waals surface area contributed by atoms with Gasteiger partial charge in [-0.3, -0.25) is 9.97 Å². The number of pyridine rings is 2. The van der Waals surface area contributed by atoms with Crippen molar-refractivity contribution >= 4 is 22.3 Å². The van der Waals surface area contributed by atoms with Gasteiger partial charge in [0.05, 0.1) is 24.6 Å². The Morgan fingerprint density at radius 1 is 0.758 bits per heavy atom. The van der Waals surface area contributed by atoms with Crippen LogP contribution in [0.3, 0.4) is 0 Å². The Morgan fingerprint density at radius 2 is 1.12 bits per heavy atom. The Kier molecular flexibility index (Phi) is 8.43. The van der Waals surface area contributed by atoms with Gasteiger partial charge in [-0.05, 0) is 59.5 Å². The van der Waals surface area contributed by atoms with Crippen LogP contribution >= 0.6 is 0 Å². The molecular formula is C25H41N3O3Si2. The molecule has 0 unspecified atom stereocenters. The van der Waals surface area contributed by atoms with E-state index in [-0.39, 0.29) is 10.1 Å². The molecule has 0 aliphatic heterocycles.